The van der Waals surface area contributed by atoms with Crippen molar-refractivity contribution in [2.24, 2.45) is 5.73 Å². The second-order valence-corrected chi connectivity index (χ2v) is 6.47. The monoisotopic (exact) mass is 380 g/mol. The molecule has 7 nitrogen and oxygen atoms in total. The van der Waals surface area contributed by atoms with Gasteiger partial charge in [0.1, 0.15) is 17.0 Å². The number of anilines is 1. The zero-order valence-electron chi connectivity index (χ0n) is 13.9. The smallest absolute Gasteiger partial charge is 0.250 e. The lowest BCUT2D eigenvalue weighted by Gasteiger charge is -2.06. The Morgan fingerprint density at radius 3 is 2.85 bits per heavy atom. The zero-order valence-corrected chi connectivity index (χ0v) is 14.7. The SMILES string of the molecule is NC(=O)c1cccc2c(-c3ncnc(NCc4cccc(F)c4)n3)snc12. The number of hydrogen-bond acceptors (Lipinski definition) is 7. The molecule has 9 heteroatoms. The maximum Gasteiger partial charge on any atom is 0.250 e. The summed E-state index contributed by atoms with van der Waals surface area (Å²) < 4.78 is 17.6. The van der Waals surface area contributed by atoms with Crippen molar-refractivity contribution in [3.63, 3.8) is 0 Å². The van der Waals surface area contributed by atoms with E-state index in [-0.39, 0.29) is 5.82 Å². The summed E-state index contributed by atoms with van der Waals surface area (Å²) in [5, 5.41) is 3.80. The molecular formula is C18H13FN6OS. The molecule has 0 atom stereocenters. The van der Waals surface area contributed by atoms with Crippen LogP contribution in [-0.4, -0.2) is 25.2 Å². The van der Waals surface area contributed by atoms with Crippen LogP contribution in [0.3, 0.4) is 0 Å². The highest BCUT2D eigenvalue weighted by Gasteiger charge is 2.16. The molecule has 2 heterocycles. The first-order chi connectivity index (χ1) is 13.1. The fourth-order valence-electron chi connectivity index (χ4n) is 2.64. The number of primary amides is 1. The van der Waals surface area contributed by atoms with Crippen LogP contribution < -0.4 is 11.1 Å². The summed E-state index contributed by atoms with van der Waals surface area (Å²) >= 11 is 1.18. The number of nitrogens with two attached hydrogens (primary N) is 1. The zero-order chi connectivity index (χ0) is 18.8. The van der Waals surface area contributed by atoms with Gasteiger partial charge in [-0.2, -0.15) is 9.36 Å². The van der Waals surface area contributed by atoms with Gasteiger partial charge in [0, 0.05) is 11.9 Å². The molecule has 27 heavy (non-hydrogen) atoms. The standard InChI is InChI=1S/C18H13FN6OS/c19-11-4-1-3-10(7-11)8-21-18-23-9-22-17(24-18)15-12-5-2-6-13(16(20)26)14(12)25-27-15/h1-7,9H,8H2,(H2,20,26)(H,21,22,23,24). The number of carbonyl (C=O) groups excluding carboxylic acids is 1. The van der Waals surface area contributed by atoms with Crippen molar-refractivity contribution >= 4 is 34.3 Å². The first-order valence-corrected chi connectivity index (χ1v) is 8.75. The van der Waals surface area contributed by atoms with Crippen molar-refractivity contribution in [3.05, 3.63) is 65.7 Å². The molecule has 0 aliphatic heterocycles. The van der Waals surface area contributed by atoms with Crippen molar-refractivity contribution in [1.82, 2.24) is 19.3 Å². The maximum atomic E-state index is 13.3. The number of aromatic nitrogens is 4. The molecule has 0 saturated heterocycles. The van der Waals surface area contributed by atoms with Gasteiger partial charge in [-0.15, -0.1) is 0 Å². The molecule has 0 unspecified atom stereocenters. The molecule has 1 amide bonds. The van der Waals surface area contributed by atoms with Crippen LogP contribution in [0.2, 0.25) is 0 Å². The Balaban J connectivity index is 1.64. The molecule has 2 aromatic heterocycles. The maximum absolute atomic E-state index is 13.3. The van der Waals surface area contributed by atoms with Crippen molar-refractivity contribution in [2.75, 3.05) is 5.32 Å². The summed E-state index contributed by atoms with van der Waals surface area (Å²) in [4.78, 5) is 25.0. The fourth-order valence-corrected chi connectivity index (χ4v) is 3.47. The van der Waals surface area contributed by atoms with Gasteiger partial charge in [0.05, 0.1) is 11.1 Å². The Labute approximate surface area is 157 Å². The van der Waals surface area contributed by atoms with Gasteiger partial charge in [0.15, 0.2) is 5.82 Å². The van der Waals surface area contributed by atoms with Gasteiger partial charge in [-0.3, -0.25) is 4.79 Å². The summed E-state index contributed by atoms with van der Waals surface area (Å²) in [5.41, 5.74) is 7.06. The summed E-state index contributed by atoms with van der Waals surface area (Å²) in [6.45, 7) is 0.372. The predicted molar refractivity (Wildman–Crippen MR) is 101 cm³/mol. The Morgan fingerprint density at radius 2 is 2.04 bits per heavy atom. The van der Waals surface area contributed by atoms with Crippen LogP contribution in [0, 0.1) is 5.82 Å². The van der Waals surface area contributed by atoms with E-state index in [0.717, 1.165) is 10.9 Å². The summed E-state index contributed by atoms with van der Waals surface area (Å²) in [7, 11) is 0. The first kappa shape index (κ1) is 17.0. The molecular weight excluding hydrogens is 367 g/mol. The number of amides is 1. The van der Waals surface area contributed by atoms with E-state index in [1.807, 2.05) is 6.07 Å². The molecule has 4 rings (SSSR count). The second kappa shape index (κ2) is 7.04. The highest BCUT2D eigenvalue weighted by atomic mass is 32.1. The molecule has 0 fully saturated rings. The average Bonchev–Trinajstić information content (AvgIpc) is 3.11. The number of rotatable bonds is 5. The number of carbonyl (C=O) groups is 1. The third-order valence-corrected chi connectivity index (χ3v) is 4.75. The van der Waals surface area contributed by atoms with Crippen molar-refractivity contribution in [1.29, 1.82) is 0 Å². The summed E-state index contributed by atoms with van der Waals surface area (Å²) in [5.74, 6) is -0.0460. The summed E-state index contributed by atoms with van der Waals surface area (Å²) in [6, 6.07) is 11.5. The van der Waals surface area contributed by atoms with Gasteiger partial charge in [-0.25, -0.2) is 14.4 Å². The lowest BCUT2D eigenvalue weighted by molar-refractivity contribution is 0.100. The van der Waals surface area contributed by atoms with Crippen LogP contribution in [0.5, 0.6) is 0 Å². The number of halogens is 1. The van der Waals surface area contributed by atoms with E-state index in [4.69, 9.17) is 5.73 Å². The van der Waals surface area contributed by atoms with Crippen LogP contribution in [0.15, 0.2) is 48.8 Å². The molecule has 2 aromatic carbocycles. The molecule has 0 spiro atoms. The van der Waals surface area contributed by atoms with Crippen LogP contribution in [0.25, 0.3) is 21.6 Å². The topological polar surface area (TPSA) is 107 Å². The minimum atomic E-state index is -0.537. The number of hydrogen-bond donors (Lipinski definition) is 2. The van der Waals surface area contributed by atoms with Crippen LogP contribution in [0.1, 0.15) is 15.9 Å². The average molecular weight is 380 g/mol. The van der Waals surface area contributed by atoms with Gasteiger partial charge in [-0.05, 0) is 35.3 Å². The number of benzene rings is 2. The van der Waals surface area contributed by atoms with E-state index in [0.29, 0.717) is 34.3 Å². The van der Waals surface area contributed by atoms with Gasteiger partial charge in [0.25, 0.3) is 5.91 Å². The predicted octanol–water partition coefficient (Wildman–Crippen LogP) is 3.00. The molecule has 0 bridgehead atoms. The van der Waals surface area contributed by atoms with Gasteiger partial charge in [0.2, 0.25) is 5.95 Å². The number of fused-ring (bicyclic) bond motifs is 1. The van der Waals surface area contributed by atoms with E-state index in [9.17, 15) is 9.18 Å². The van der Waals surface area contributed by atoms with Gasteiger partial charge < -0.3 is 11.1 Å². The van der Waals surface area contributed by atoms with Crippen LogP contribution in [-0.2, 0) is 6.54 Å². The molecule has 0 radical (unpaired) electrons. The second-order valence-electron chi connectivity index (χ2n) is 5.69. The van der Waals surface area contributed by atoms with E-state index < -0.39 is 5.91 Å². The molecule has 134 valence electrons. The highest BCUT2D eigenvalue weighted by molar-refractivity contribution is 7.11. The van der Waals surface area contributed by atoms with Crippen LogP contribution >= 0.6 is 11.5 Å². The Hall–Kier alpha value is -3.46. The highest BCUT2D eigenvalue weighted by Crippen LogP contribution is 2.32. The lowest BCUT2D eigenvalue weighted by atomic mass is 10.1. The molecule has 0 aliphatic carbocycles. The largest absolute Gasteiger partial charge is 0.366 e. The summed E-state index contributed by atoms with van der Waals surface area (Å²) in [6.07, 6.45) is 1.39. The van der Waals surface area contributed by atoms with E-state index in [1.54, 1.807) is 24.3 Å². The first-order valence-electron chi connectivity index (χ1n) is 7.98. The minimum Gasteiger partial charge on any atom is -0.366 e. The Kier molecular flexibility index (Phi) is 4.43. The Bertz CT molecular complexity index is 1150. The third-order valence-electron chi connectivity index (χ3n) is 3.89. The van der Waals surface area contributed by atoms with Crippen molar-refractivity contribution in [2.45, 2.75) is 6.54 Å². The molecule has 3 N–H and O–H groups in total. The quantitative estimate of drug-likeness (QED) is 0.551. The van der Waals surface area contributed by atoms with Crippen molar-refractivity contribution < 1.29 is 9.18 Å². The molecule has 0 aliphatic rings. The van der Waals surface area contributed by atoms with Crippen LogP contribution in [0.4, 0.5) is 10.3 Å². The normalized spacial score (nSPS) is 10.9. The number of nitrogens with zero attached hydrogens (tertiary/aromatic N) is 4. The van der Waals surface area contributed by atoms with Gasteiger partial charge in [-0.1, -0.05) is 24.3 Å². The van der Waals surface area contributed by atoms with Gasteiger partial charge >= 0.3 is 0 Å². The van der Waals surface area contributed by atoms with E-state index >= 15 is 0 Å². The number of nitrogens with one attached hydrogen (secondary N) is 1. The van der Waals surface area contributed by atoms with E-state index in [1.165, 1.54) is 30.0 Å². The van der Waals surface area contributed by atoms with E-state index in [2.05, 4.69) is 24.6 Å². The fraction of sp³-hybridized carbons (Fsp3) is 0.0556. The minimum absolute atomic E-state index is 0.299. The molecule has 0 saturated carbocycles. The third kappa shape index (κ3) is 3.44. The van der Waals surface area contributed by atoms with Crippen molar-refractivity contribution in [3.8, 4) is 10.7 Å². The Morgan fingerprint density at radius 1 is 1.19 bits per heavy atom. The lowest BCUT2D eigenvalue weighted by Crippen LogP contribution is -2.11. The molecule has 4 aromatic rings.